The average Bonchev–Trinajstić information content (AvgIpc) is 2.88. The maximum absolute atomic E-state index is 13.2. The molecule has 2 aromatic heterocycles. The Morgan fingerprint density at radius 3 is 2.54 bits per heavy atom. The molecule has 6 nitrogen and oxygen atoms in total. The van der Waals surface area contributed by atoms with E-state index in [-0.39, 0.29) is 29.4 Å². The number of aromatic nitrogens is 2. The quantitative estimate of drug-likeness (QED) is 0.544. The Balaban J connectivity index is 1.87. The van der Waals surface area contributed by atoms with Gasteiger partial charge in [0.15, 0.2) is 5.16 Å². The van der Waals surface area contributed by atoms with Crippen LogP contribution in [0.1, 0.15) is 38.1 Å². The maximum Gasteiger partial charge on any atom is 0.263 e. The summed E-state index contributed by atoms with van der Waals surface area (Å²) >= 11 is 2.91. The largest absolute Gasteiger partial charge is 0.372 e. The highest BCUT2D eigenvalue weighted by atomic mass is 32.2. The van der Waals surface area contributed by atoms with Crippen molar-refractivity contribution in [2.24, 2.45) is 5.92 Å². The number of rotatable bonds is 5. The van der Waals surface area contributed by atoms with Crippen molar-refractivity contribution < 1.29 is 9.53 Å². The van der Waals surface area contributed by atoms with Gasteiger partial charge in [-0.05, 0) is 39.2 Å². The van der Waals surface area contributed by atoms with Crippen LogP contribution in [0.15, 0.2) is 9.95 Å². The molecular weight excluding hydrogens is 394 g/mol. The predicted molar refractivity (Wildman–Crippen MR) is 116 cm³/mol. The highest BCUT2D eigenvalue weighted by molar-refractivity contribution is 7.99. The second-order valence-corrected chi connectivity index (χ2v) is 10.2. The van der Waals surface area contributed by atoms with Crippen molar-refractivity contribution in [2.45, 2.75) is 65.5 Å². The molecule has 0 spiro atoms. The zero-order valence-corrected chi connectivity index (χ0v) is 19.1. The number of nitrogens with zero attached hydrogens (tertiary/aromatic N) is 3. The molecular formula is C20H29N3O3S2. The lowest BCUT2D eigenvalue weighted by Crippen LogP contribution is -2.48. The summed E-state index contributed by atoms with van der Waals surface area (Å²) in [5, 5.41) is 1.35. The first-order chi connectivity index (χ1) is 13.2. The lowest BCUT2D eigenvalue weighted by atomic mass is 10.2. The van der Waals surface area contributed by atoms with Crippen molar-refractivity contribution in [1.29, 1.82) is 0 Å². The average molecular weight is 424 g/mol. The molecule has 0 radical (unpaired) electrons. The van der Waals surface area contributed by atoms with Crippen LogP contribution in [0.2, 0.25) is 0 Å². The van der Waals surface area contributed by atoms with Gasteiger partial charge >= 0.3 is 0 Å². The van der Waals surface area contributed by atoms with Gasteiger partial charge in [-0.15, -0.1) is 11.3 Å². The molecule has 3 rings (SSSR count). The first-order valence-electron chi connectivity index (χ1n) is 9.74. The van der Waals surface area contributed by atoms with Crippen LogP contribution < -0.4 is 5.56 Å². The van der Waals surface area contributed by atoms with Crippen molar-refractivity contribution in [2.75, 3.05) is 18.8 Å². The number of hydrogen-bond acceptors (Lipinski definition) is 6. The van der Waals surface area contributed by atoms with Gasteiger partial charge in [0.2, 0.25) is 5.91 Å². The summed E-state index contributed by atoms with van der Waals surface area (Å²) in [6, 6.07) is 0. The van der Waals surface area contributed by atoms with E-state index in [9.17, 15) is 9.59 Å². The molecule has 1 fully saturated rings. The lowest BCUT2D eigenvalue weighted by molar-refractivity contribution is -0.140. The zero-order valence-electron chi connectivity index (χ0n) is 17.4. The van der Waals surface area contributed by atoms with Crippen molar-refractivity contribution in [3.63, 3.8) is 0 Å². The van der Waals surface area contributed by atoms with Crippen LogP contribution in [0.25, 0.3) is 10.2 Å². The van der Waals surface area contributed by atoms with Gasteiger partial charge in [-0.2, -0.15) is 0 Å². The van der Waals surface area contributed by atoms with Gasteiger partial charge in [-0.3, -0.25) is 14.2 Å². The molecule has 2 atom stereocenters. The number of ether oxygens (including phenoxy) is 1. The molecule has 0 aliphatic carbocycles. The fraction of sp³-hybridized carbons (Fsp3) is 0.650. The van der Waals surface area contributed by atoms with E-state index in [1.165, 1.54) is 11.8 Å². The van der Waals surface area contributed by atoms with Crippen LogP contribution >= 0.6 is 23.1 Å². The van der Waals surface area contributed by atoms with Gasteiger partial charge in [0, 0.05) is 24.5 Å². The van der Waals surface area contributed by atoms with E-state index < -0.39 is 0 Å². The number of aryl methyl sites for hydroxylation is 2. The molecule has 0 saturated carbocycles. The Hall–Kier alpha value is -1.38. The van der Waals surface area contributed by atoms with Crippen LogP contribution in [0.4, 0.5) is 0 Å². The highest BCUT2D eigenvalue weighted by Gasteiger charge is 2.26. The number of carbonyl (C=O) groups is 1. The van der Waals surface area contributed by atoms with Crippen molar-refractivity contribution in [3.8, 4) is 0 Å². The van der Waals surface area contributed by atoms with Crippen LogP contribution in [-0.4, -0.2) is 51.4 Å². The standard InChI is InChI=1S/C20H29N3O3S2/c1-11(2)7-23-19(25)17-14(5)15(6)28-18(17)21-20(23)27-10-16(24)22-8-12(3)26-13(4)9-22/h11-13H,7-10H2,1-6H3/t12-,13-/m0/s1. The Morgan fingerprint density at radius 1 is 1.29 bits per heavy atom. The molecule has 8 heteroatoms. The van der Waals surface area contributed by atoms with Crippen LogP contribution in [0.3, 0.4) is 0 Å². The molecule has 3 heterocycles. The number of fused-ring (bicyclic) bond motifs is 1. The van der Waals surface area contributed by atoms with Gasteiger partial charge in [-0.25, -0.2) is 4.98 Å². The van der Waals surface area contributed by atoms with E-state index in [4.69, 9.17) is 9.72 Å². The van der Waals surface area contributed by atoms with Gasteiger partial charge < -0.3 is 9.64 Å². The van der Waals surface area contributed by atoms with Crippen molar-refractivity contribution in [3.05, 3.63) is 20.8 Å². The Labute approximate surface area is 174 Å². The smallest absolute Gasteiger partial charge is 0.263 e. The minimum absolute atomic E-state index is 0.00381. The highest BCUT2D eigenvalue weighted by Crippen LogP contribution is 2.29. The normalized spacial score (nSPS) is 20.3. The number of amides is 1. The minimum Gasteiger partial charge on any atom is -0.372 e. The number of morpholine rings is 1. The van der Waals surface area contributed by atoms with Crippen molar-refractivity contribution >= 4 is 39.2 Å². The second-order valence-electron chi connectivity index (χ2n) is 8.01. The van der Waals surface area contributed by atoms with Gasteiger partial charge in [0.05, 0.1) is 23.3 Å². The number of hydrogen-bond donors (Lipinski definition) is 0. The third-order valence-corrected chi connectivity index (χ3v) is 6.96. The molecule has 154 valence electrons. The fourth-order valence-corrected chi connectivity index (χ4v) is 5.53. The van der Waals surface area contributed by atoms with Gasteiger partial charge in [-0.1, -0.05) is 25.6 Å². The summed E-state index contributed by atoms with van der Waals surface area (Å²) in [4.78, 5) is 34.4. The third kappa shape index (κ3) is 4.44. The first kappa shape index (κ1) is 21.3. The minimum atomic E-state index is 0.00381. The van der Waals surface area contributed by atoms with Crippen LogP contribution in [0.5, 0.6) is 0 Å². The van der Waals surface area contributed by atoms with E-state index in [2.05, 4.69) is 13.8 Å². The Kier molecular flexibility index (Phi) is 6.51. The first-order valence-corrected chi connectivity index (χ1v) is 11.5. The molecule has 0 bridgehead atoms. The lowest BCUT2D eigenvalue weighted by Gasteiger charge is -2.35. The monoisotopic (exact) mass is 423 g/mol. The molecule has 1 aliphatic rings. The SMILES string of the molecule is Cc1sc2nc(SCC(=O)N3C[C@H](C)O[C@@H](C)C3)n(CC(C)C)c(=O)c2c1C. The molecule has 1 amide bonds. The predicted octanol–water partition coefficient (Wildman–Crippen LogP) is 3.46. The third-order valence-electron chi connectivity index (χ3n) is 4.90. The molecule has 0 aromatic carbocycles. The topological polar surface area (TPSA) is 64.4 Å². The van der Waals surface area contributed by atoms with E-state index in [0.717, 1.165) is 20.7 Å². The van der Waals surface area contributed by atoms with E-state index in [1.54, 1.807) is 15.9 Å². The van der Waals surface area contributed by atoms with Gasteiger partial charge in [0.1, 0.15) is 4.83 Å². The summed E-state index contributed by atoms with van der Waals surface area (Å²) in [5.74, 6) is 0.655. The molecule has 1 aliphatic heterocycles. The van der Waals surface area contributed by atoms with Gasteiger partial charge in [0.25, 0.3) is 5.56 Å². The molecule has 0 N–H and O–H groups in total. The summed E-state index contributed by atoms with van der Waals surface area (Å²) in [6.07, 6.45) is 0.0896. The van der Waals surface area contributed by atoms with Crippen LogP contribution in [0, 0.1) is 19.8 Å². The van der Waals surface area contributed by atoms with Crippen LogP contribution in [-0.2, 0) is 16.1 Å². The van der Waals surface area contributed by atoms with E-state index in [0.29, 0.717) is 30.7 Å². The molecule has 1 saturated heterocycles. The molecule has 2 aromatic rings. The number of thiophene rings is 1. The molecule has 0 unspecified atom stereocenters. The number of carbonyl (C=O) groups excluding carboxylic acids is 1. The fourth-order valence-electron chi connectivity index (χ4n) is 3.54. The van der Waals surface area contributed by atoms with E-state index in [1.807, 2.05) is 32.6 Å². The zero-order chi connectivity index (χ0) is 20.6. The summed E-state index contributed by atoms with van der Waals surface area (Å²) in [7, 11) is 0. The molecule has 28 heavy (non-hydrogen) atoms. The summed E-state index contributed by atoms with van der Waals surface area (Å²) in [6.45, 7) is 13.9. The maximum atomic E-state index is 13.2. The van der Waals surface area contributed by atoms with Crippen molar-refractivity contribution in [1.82, 2.24) is 14.5 Å². The second kappa shape index (κ2) is 8.55. The Morgan fingerprint density at radius 2 is 1.93 bits per heavy atom. The number of thioether (sulfide) groups is 1. The summed E-state index contributed by atoms with van der Waals surface area (Å²) in [5.41, 5.74) is 1.02. The van der Waals surface area contributed by atoms with E-state index >= 15 is 0 Å². The summed E-state index contributed by atoms with van der Waals surface area (Å²) < 4.78 is 7.46. The Bertz CT molecular complexity index is 925.